The van der Waals surface area contributed by atoms with E-state index >= 15 is 0 Å². The van der Waals surface area contributed by atoms with Gasteiger partial charge in [0.2, 0.25) is 5.91 Å². The topological polar surface area (TPSA) is 87.1 Å². The van der Waals surface area contributed by atoms with Crippen molar-refractivity contribution in [2.24, 2.45) is 17.8 Å². The van der Waals surface area contributed by atoms with Crippen LogP contribution in [0, 0.1) is 17.8 Å². The number of anilines is 1. The zero-order chi connectivity index (χ0) is 28.6. The molecule has 8 heteroatoms. The molecule has 2 amide bonds. The van der Waals surface area contributed by atoms with E-state index in [1.807, 2.05) is 49.4 Å². The molecular weight excluding hydrogens is 524 g/mol. The molecule has 2 bridgehead atoms. The number of thioether (sulfide) groups is 1. The number of carbonyl (C=O) groups is 3. The number of esters is 1. The number of nitrogens with zero attached hydrogens (tertiary/aromatic N) is 2. The van der Waals surface area contributed by atoms with Gasteiger partial charge in [-0.05, 0) is 48.1 Å². The summed E-state index contributed by atoms with van der Waals surface area (Å²) in [6, 6.07) is 12.5. The first-order chi connectivity index (χ1) is 19.3. The van der Waals surface area contributed by atoms with E-state index in [4.69, 9.17) is 4.74 Å². The molecule has 3 heterocycles. The molecule has 3 fully saturated rings. The van der Waals surface area contributed by atoms with Gasteiger partial charge in [0.25, 0.3) is 5.91 Å². The molecule has 0 radical (unpaired) electrons. The Kier molecular flexibility index (Phi) is 8.11. The molecule has 1 N–H and O–H groups in total. The molecule has 212 valence electrons. The van der Waals surface area contributed by atoms with Gasteiger partial charge in [0.15, 0.2) is 0 Å². The molecule has 5 rings (SSSR count). The summed E-state index contributed by atoms with van der Waals surface area (Å²) in [5, 5.41) is 12.3. The SMILES string of the molecule is C=CCCOC(=O)[C@@H]1[C@H]2C(=O)N([C@@H](CC)CO)C(C(=O)N(CC=C)c3ccc4ccccc4c3)C23S[C@@H]1CC3C. The fourth-order valence-corrected chi connectivity index (χ4v) is 9.49. The van der Waals surface area contributed by atoms with Gasteiger partial charge in [-0.3, -0.25) is 14.4 Å². The third kappa shape index (κ3) is 4.36. The first-order valence-corrected chi connectivity index (χ1v) is 15.0. The standard InChI is InChI=1S/C32H38N2O5S/c1-5-8-16-39-31(38)26-25-17-20(4)32(40-25)27(26)29(36)34(23(7-3)19-35)28(32)30(37)33(15-6-2)24-14-13-21-11-9-10-12-22(21)18-24/h5-6,9-14,18,20,23,25-28,35H,1-2,7-8,15-17,19H2,3-4H3/t20?,23-,25+,26-,27-,28?,32?/m0/s1. The Hall–Kier alpha value is -3.10. The molecule has 40 heavy (non-hydrogen) atoms. The first kappa shape index (κ1) is 28.4. The first-order valence-electron chi connectivity index (χ1n) is 14.1. The van der Waals surface area contributed by atoms with E-state index in [9.17, 15) is 19.5 Å². The minimum absolute atomic E-state index is 0.0195. The van der Waals surface area contributed by atoms with Crippen molar-refractivity contribution in [2.45, 2.75) is 55.2 Å². The largest absolute Gasteiger partial charge is 0.465 e. The van der Waals surface area contributed by atoms with Gasteiger partial charge >= 0.3 is 5.97 Å². The molecule has 3 aliphatic heterocycles. The van der Waals surface area contributed by atoms with E-state index in [0.717, 1.165) is 22.9 Å². The van der Waals surface area contributed by atoms with Crippen LogP contribution in [-0.4, -0.2) is 69.6 Å². The number of aliphatic hydroxyl groups excluding tert-OH is 1. The number of hydrogen-bond donors (Lipinski definition) is 1. The second kappa shape index (κ2) is 11.4. The van der Waals surface area contributed by atoms with Crippen LogP contribution >= 0.6 is 11.8 Å². The summed E-state index contributed by atoms with van der Waals surface area (Å²) in [6.45, 7) is 11.8. The van der Waals surface area contributed by atoms with E-state index in [1.54, 1.807) is 33.7 Å². The van der Waals surface area contributed by atoms with Crippen LogP contribution in [-0.2, 0) is 19.1 Å². The Morgan fingerprint density at radius 3 is 2.65 bits per heavy atom. The molecule has 7 atom stereocenters. The second-order valence-electron chi connectivity index (χ2n) is 11.1. The predicted octanol–water partition coefficient (Wildman–Crippen LogP) is 4.59. The Labute approximate surface area is 240 Å². The van der Waals surface area contributed by atoms with Gasteiger partial charge in [0, 0.05) is 17.5 Å². The number of benzene rings is 2. The van der Waals surface area contributed by atoms with Crippen LogP contribution in [0.3, 0.4) is 0 Å². The monoisotopic (exact) mass is 562 g/mol. The molecule has 2 aromatic carbocycles. The quantitative estimate of drug-likeness (QED) is 0.245. The summed E-state index contributed by atoms with van der Waals surface area (Å²) in [5.74, 6) is -2.11. The smallest absolute Gasteiger partial charge is 0.310 e. The molecular formula is C32H38N2O5S. The summed E-state index contributed by atoms with van der Waals surface area (Å²) >= 11 is 1.61. The number of fused-ring (bicyclic) bond motifs is 2. The van der Waals surface area contributed by atoms with Crippen LogP contribution in [0.5, 0.6) is 0 Å². The van der Waals surface area contributed by atoms with Crippen molar-refractivity contribution in [2.75, 3.05) is 24.7 Å². The Morgan fingerprint density at radius 2 is 1.98 bits per heavy atom. The minimum Gasteiger partial charge on any atom is -0.465 e. The number of rotatable bonds is 11. The zero-order valence-corrected chi connectivity index (χ0v) is 24.0. The zero-order valence-electron chi connectivity index (χ0n) is 23.2. The lowest BCUT2D eigenvalue weighted by Crippen LogP contribution is -2.59. The highest BCUT2D eigenvalue weighted by Crippen LogP contribution is 2.69. The van der Waals surface area contributed by atoms with E-state index in [-0.39, 0.29) is 48.7 Å². The van der Waals surface area contributed by atoms with Crippen LogP contribution in [0.25, 0.3) is 10.8 Å². The summed E-state index contributed by atoms with van der Waals surface area (Å²) in [4.78, 5) is 45.8. The van der Waals surface area contributed by atoms with Gasteiger partial charge in [0.1, 0.15) is 6.04 Å². The lowest BCUT2D eigenvalue weighted by Gasteiger charge is -2.42. The van der Waals surface area contributed by atoms with Crippen molar-refractivity contribution in [3.63, 3.8) is 0 Å². The van der Waals surface area contributed by atoms with Gasteiger partial charge in [-0.1, -0.05) is 56.3 Å². The van der Waals surface area contributed by atoms with Crippen LogP contribution in [0.2, 0.25) is 0 Å². The fourth-order valence-electron chi connectivity index (χ4n) is 7.10. The highest BCUT2D eigenvalue weighted by molar-refractivity contribution is 8.02. The summed E-state index contributed by atoms with van der Waals surface area (Å²) in [6.07, 6.45) is 5.13. The molecule has 3 aliphatic rings. The van der Waals surface area contributed by atoms with Gasteiger partial charge in [-0.15, -0.1) is 24.9 Å². The molecule has 1 spiro atoms. The number of likely N-dealkylation sites (tertiary alicyclic amines) is 1. The van der Waals surface area contributed by atoms with Crippen LogP contribution in [0.15, 0.2) is 67.8 Å². The van der Waals surface area contributed by atoms with Gasteiger partial charge < -0.3 is 19.6 Å². The molecule has 0 saturated carbocycles. The van der Waals surface area contributed by atoms with Gasteiger partial charge in [-0.25, -0.2) is 0 Å². The number of ether oxygens (including phenoxy) is 1. The fraction of sp³-hybridized carbons (Fsp3) is 0.469. The number of carbonyl (C=O) groups excluding carboxylic acids is 3. The van der Waals surface area contributed by atoms with Crippen molar-refractivity contribution in [1.82, 2.24) is 4.90 Å². The number of hydrogen-bond acceptors (Lipinski definition) is 6. The van der Waals surface area contributed by atoms with E-state index in [0.29, 0.717) is 12.8 Å². The average molecular weight is 563 g/mol. The highest BCUT2D eigenvalue weighted by Gasteiger charge is 2.77. The summed E-state index contributed by atoms with van der Waals surface area (Å²) < 4.78 is 4.80. The minimum atomic E-state index is -0.829. The predicted molar refractivity (Wildman–Crippen MR) is 159 cm³/mol. The van der Waals surface area contributed by atoms with Crippen molar-refractivity contribution in [1.29, 1.82) is 0 Å². The molecule has 7 nitrogen and oxygen atoms in total. The summed E-state index contributed by atoms with van der Waals surface area (Å²) in [7, 11) is 0. The van der Waals surface area contributed by atoms with Crippen molar-refractivity contribution < 1.29 is 24.2 Å². The highest BCUT2D eigenvalue weighted by atomic mass is 32.2. The van der Waals surface area contributed by atoms with Gasteiger partial charge in [-0.2, -0.15) is 0 Å². The van der Waals surface area contributed by atoms with Crippen LogP contribution < -0.4 is 4.90 Å². The van der Waals surface area contributed by atoms with Gasteiger partial charge in [0.05, 0.1) is 35.8 Å². The van der Waals surface area contributed by atoms with Crippen molar-refractivity contribution >= 4 is 46.0 Å². The Morgan fingerprint density at radius 1 is 1.23 bits per heavy atom. The van der Waals surface area contributed by atoms with E-state index < -0.39 is 28.7 Å². The summed E-state index contributed by atoms with van der Waals surface area (Å²) in [5.41, 5.74) is 0.721. The third-order valence-corrected chi connectivity index (χ3v) is 11.0. The van der Waals surface area contributed by atoms with Crippen LogP contribution in [0.4, 0.5) is 5.69 Å². The lowest BCUT2D eigenvalue weighted by molar-refractivity contribution is -0.154. The van der Waals surface area contributed by atoms with Crippen molar-refractivity contribution in [3.05, 3.63) is 67.8 Å². The number of aliphatic hydroxyl groups is 1. The van der Waals surface area contributed by atoms with Crippen molar-refractivity contribution in [3.8, 4) is 0 Å². The van der Waals surface area contributed by atoms with Crippen LogP contribution in [0.1, 0.15) is 33.1 Å². The third-order valence-electron chi connectivity index (χ3n) is 8.95. The maximum atomic E-state index is 14.8. The molecule has 0 aromatic heterocycles. The van der Waals surface area contributed by atoms with E-state index in [2.05, 4.69) is 20.1 Å². The number of amides is 2. The second-order valence-corrected chi connectivity index (χ2v) is 12.6. The molecule has 2 aromatic rings. The molecule has 3 unspecified atom stereocenters. The Bertz CT molecular complexity index is 1330. The lowest BCUT2D eigenvalue weighted by atomic mass is 9.66. The van der Waals surface area contributed by atoms with E-state index in [1.165, 1.54) is 0 Å². The maximum Gasteiger partial charge on any atom is 0.310 e. The maximum absolute atomic E-state index is 14.8. The normalized spacial score (nSPS) is 29.3. The molecule has 3 saturated heterocycles. The Balaban J connectivity index is 1.59. The average Bonchev–Trinajstić information content (AvgIpc) is 3.56. The molecule has 0 aliphatic carbocycles.